The number of esters is 1. The molecule has 3 rings (SSSR count). The van der Waals surface area contributed by atoms with Crippen molar-refractivity contribution in [3.05, 3.63) is 30.3 Å². The second kappa shape index (κ2) is 6.11. The molecule has 1 amide bonds. The first-order chi connectivity index (χ1) is 11.3. The SMILES string of the molecule is CC(C)(C)OC(=O)[C@H]1CC[C@@]2(CC1)CN(c1ccccc1)C(=O)O2. The van der Waals surface area contributed by atoms with E-state index in [0.29, 0.717) is 32.2 Å². The van der Waals surface area contributed by atoms with Crippen LogP contribution in [0.15, 0.2) is 30.3 Å². The van der Waals surface area contributed by atoms with E-state index in [9.17, 15) is 9.59 Å². The standard InChI is InChI=1S/C19H25NO4/c1-18(2,3)23-16(21)14-9-11-19(12-10-14)13-20(17(22)24-19)15-7-5-4-6-8-15/h4-8,14H,9-13H2,1-3H3/t14-,19+. The maximum atomic E-state index is 12.3. The predicted molar refractivity (Wildman–Crippen MR) is 90.8 cm³/mol. The number of benzene rings is 1. The molecule has 5 nitrogen and oxygen atoms in total. The molecule has 0 radical (unpaired) electrons. The molecule has 1 aromatic rings. The molecule has 1 spiro atoms. The van der Waals surface area contributed by atoms with Crippen LogP contribution in [-0.4, -0.2) is 29.8 Å². The molecule has 0 unspecified atom stereocenters. The Labute approximate surface area is 142 Å². The highest BCUT2D eigenvalue weighted by molar-refractivity contribution is 5.90. The Bertz CT molecular complexity index is 612. The van der Waals surface area contributed by atoms with Gasteiger partial charge in [-0.15, -0.1) is 0 Å². The fourth-order valence-electron chi connectivity index (χ4n) is 3.45. The lowest BCUT2D eigenvalue weighted by molar-refractivity contribution is -0.162. The van der Waals surface area contributed by atoms with E-state index >= 15 is 0 Å². The van der Waals surface area contributed by atoms with Crippen molar-refractivity contribution in [2.24, 2.45) is 5.92 Å². The Balaban J connectivity index is 1.62. The first kappa shape index (κ1) is 16.8. The summed E-state index contributed by atoms with van der Waals surface area (Å²) in [5.41, 5.74) is -0.0738. The minimum atomic E-state index is -0.467. The summed E-state index contributed by atoms with van der Waals surface area (Å²) in [6.45, 7) is 6.19. The summed E-state index contributed by atoms with van der Waals surface area (Å²) in [4.78, 5) is 26.2. The van der Waals surface area contributed by atoms with Crippen LogP contribution >= 0.6 is 0 Å². The van der Waals surface area contributed by atoms with Gasteiger partial charge in [0, 0.05) is 5.69 Å². The van der Waals surface area contributed by atoms with Crippen molar-refractivity contribution in [3.8, 4) is 0 Å². The maximum absolute atomic E-state index is 12.3. The van der Waals surface area contributed by atoms with E-state index in [0.717, 1.165) is 5.69 Å². The largest absolute Gasteiger partial charge is 0.460 e. The number of carbonyl (C=O) groups excluding carboxylic acids is 2. The van der Waals surface area contributed by atoms with E-state index in [4.69, 9.17) is 9.47 Å². The summed E-state index contributed by atoms with van der Waals surface area (Å²) in [5.74, 6) is -0.235. The maximum Gasteiger partial charge on any atom is 0.415 e. The third-order valence-corrected chi connectivity index (χ3v) is 4.68. The number of anilines is 1. The number of hydrogen-bond donors (Lipinski definition) is 0. The van der Waals surface area contributed by atoms with E-state index in [1.54, 1.807) is 4.90 Å². The summed E-state index contributed by atoms with van der Waals surface area (Å²) >= 11 is 0. The fourth-order valence-corrected chi connectivity index (χ4v) is 3.45. The van der Waals surface area contributed by atoms with Crippen LogP contribution in [0.4, 0.5) is 10.5 Å². The molecule has 2 fully saturated rings. The zero-order valence-corrected chi connectivity index (χ0v) is 14.6. The molecule has 1 saturated carbocycles. The molecule has 5 heteroatoms. The lowest BCUT2D eigenvalue weighted by Crippen LogP contribution is -2.41. The van der Waals surface area contributed by atoms with Crippen molar-refractivity contribution >= 4 is 17.7 Å². The summed E-state index contributed by atoms with van der Waals surface area (Å²) in [6, 6.07) is 9.56. The van der Waals surface area contributed by atoms with Crippen molar-refractivity contribution < 1.29 is 19.1 Å². The summed E-state index contributed by atoms with van der Waals surface area (Å²) in [5, 5.41) is 0. The zero-order chi connectivity index (χ0) is 17.4. The van der Waals surface area contributed by atoms with Crippen LogP contribution in [0, 0.1) is 5.92 Å². The van der Waals surface area contributed by atoms with Crippen LogP contribution < -0.4 is 4.90 Å². The smallest absolute Gasteiger partial charge is 0.415 e. The molecule has 130 valence electrons. The van der Waals surface area contributed by atoms with Gasteiger partial charge in [0.25, 0.3) is 0 Å². The Morgan fingerprint density at radius 3 is 2.42 bits per heavy atom. The van der Waals surface area contributed by atoms with Crippen LogP contribution in [0.2, 0.25) is 0 Å². The molecule has 1 heterocycles. The quantitative estimate of drug-likeness (QED) is 0.771. The first-order valence-electron chi connectivity index (χ1n) is 8.56. The minimum absolute atomic E-state index is 0.0978. The van der Waals surface area contributed by atoms with Crippen LogP contribution in [0.5, 0.6) is 0 Å². The van der Waals surface area contributed by atoms with E-state index < -0.39 is 11.2 Å². The predicted octanol–water partition coefficient (Wildman–Crippen LogP) is 3.91. The van der Waals surface area contributed by atoms with Gasteiger partial charge < -0.3 is 9.47 Å². The number of nitrogens with zero attached hydrogens (tertiary/aromatic N) is 1. The fraction of sp³-hybridized carbons (Fsp3) is 0.579. The Morgan fingerprint density at radius 1 is 1.21 bits per heavy atom. The second-order valence-corrected chi connectivity index (χ2v) is 7.78. The van der Waals surface area contributed by atoms with Gasteiger partial charge in [0.1, 0.15) is 11.2 Å². The number of para-hydroxylation sites is 1. The van der Waals surface area contributed by atoms with E-state index in [1.807, 2.05) is 51.1 Å². The molecule has 1 aliphatic carbocycles. The number of amides is 1. The topological polar surface area (TPSA) is 55.8 Å². The van der Waals surface area contributed by atoms with E-state index in [1.165, 1.54) is 0 Å². The lowest BCUT2D eigenvalue weighted by Gasteiger charge is -2.35. The third-order valence-electron chi connectivity index (χ3n) is 4.68. The number of carbonyl (C=O) groups is 2. The molecule has 0 aromatic heterocycles. The average molecular weight is 331 g/mol. The molecule has 1 aliphatic heterocycles. The van der Waals surface area contributed by atoms with Gasteiger partial charge in [-0.3, -0.25) is 9.69 Å². The van der Waals surface area contributed by atoms with Crippen molar-refractivity contribution in [1.82, 2.24) is 0 Å². The summed E-state index contributed by atoms with van der Waals surface area (Å²) < 4.78 is 11.2. The number of hydrogen-bond acceptors (Lipinski definition) is 4. The van der Waals surface area contributed by atoms with Crippen LogP contribution in [0.25, 0.3) is 0 Å². The molecule has 0 N–H and O–H groups in total. The monoisotopic (exact) mass is 331 g/mol. The number of rotatable bonds is 2. The van der Waals surface area contributed by atoms with Crippen molar-refractivity contribution in [3.63, 3.8) is 0 Å². The molecule has 1 saturated heterocycles. The van der Waals surface area contributed by atoms with Crippen LogP contribution in [0.3, 0.4) is 0 Å². The zero-order valence-electron chi connectivity index (χ0n) is 14.6. The van der Waals surface area contributed by atoms with E-state index in [2.05, 4.69) is 0 Å². The Kier molecular flexibility index (Phi) is 4.28. The van der Waals surface area contributed by atoms with Gasteiger partial charge in [-0.1, -0.05) is 18.2 Å². The average Bonchev–Trinajstić information content (AvgIpc) is 2.83. The summed E-state index contributed by atoms with van der Waals surface area (Å²) in [6.07, 6.45) is 2.50. The van der Waals surface area contributed by atoms with Crippen LogP contribution in [0.1, 0.15) is 46.5 Å². The molecular weight excluding hydrogens is 306 g/mol. The van der Waals surface area contributed by atoms with Crippen molar-refractivity contribution in [2.45, 2.75) is 57.7 Å². The number of ether oxygens (including phenoxy) is 2. The van der Waals surface area contributed by atoms with Gasteiger partial charge in [-0.25, -0.2) is 4.79 Å². The molecule has 0 bridgehead atoms. The van der Waals surface area contributed by atoms with Gasteiger partial charge in [0.15, 0.2) is 0 Å². The highest BCUT2D eigenvalue weighted by atomic mass is 16.6. The highest BCUT2D eigenvalue weighted by Gasteiger charge is 2.48. The third kappa shape index (κ3) is 3.55. The van der Waals surface area contributed by atoms with Gasteiger partial charge in [-0.2, -0.15) is 0 Å². The lowest BCUT2D eigenvalue weighted by atomic mass is 9.78. The van der Waals surface area contributed by atoms with Gasteiger partial charge in [0.05, 0.1) is 12.5 Å². The molecule has 2 aliphatic rings. The molecule has 0 atom stereocenters. The molecule has 24 heavy (non-hydrogen) atoms. The molecule has 1 aromatic carbocycles. The minimum Gasteiger partial charge on any atom is -0.460 e. The Morgan fingerprint density at radius 2 is 1.83 bits per heavy atom. The van der Waals surface area contributed by atoms with Gasteiger partial charge >= 0.3 is 12.1 Å². The van der Waals surface area contributed by atoms with Crippen LogP contribution in [-0.2, 0) is 14.3 Å². The van der Waals surface area contributed by atoms with E-state index in [-0.39, 0.29) is 18.0 Å². The molecular formula is C19H25NO4. The van der Waals surface area contributed by atoms with Gasteiger partial charge in [0.2, 0.25) is 0 Å². The van der Waals surface area contributed by atoms with Crippen molar-refractivity contribution in [2.75, 3.05) is 11.4 Å². The Hall–Kier alpha value is -2.04. The second-order valence-electron chi connectivity index (χ2n) is 7.78. The highest BCUT2D eigenvalue weighted by Crippen LogP contribution is 2.41. The normalized spacial score (nSPS) is 27.2. The van der Waals surface area contributed by atoms with Crippen molar-refractivity contribution in [1.29, 1.82) is 0 Å². The summed E-state index contributed by atoms with van der Waals surface area (Å²) in [7, 11) is 0. The first-order valence-corrected chi connectivity index (χ1v) is 8.56. The van der Waals surface area contributed by atoms with Gasteiger partial charge in [-0.05, 0) is 58.6 Å².